The summed E-state index contributed by atoms with van der Waals surface area (Å²) in [6, 6.07) is -0.565. The van der Waals surface area contributed by atoms with Crippen LogP contribution in [0, 0.1) is 0 Å². The number of carboxylic acid groups (broad SMARTS) is 1. The van der Waals surface area contributed by atoms with Gasteiger partial charge in [-0.25, -0.2) is 9.48 Å². The van der Waals surface area contributed by atoms with E-state index in [4.69, 9.17) is 9.84 Å². The van der Waals surface area contributed by atoms with E-state index in [1.807, 2.05) is 13.8 Å². The van der Waals surface area contributed by atoms with Gasteiger partial charge in [0.2, 0.25) is 5.91 Å². The molecular weight excluding hydrogens is 276 g/mol. The summed E-state index contributed by atoms with van der Waals surface area (Å²) < 4.78 is 6.27. The summed E-state index contributed by atoms with van der Waals surface area (Å²) >= 11 is 0. The molecule has 0 aliphatic rings. The first-order valence-corrected chi connectivity index (χ1v) is 6.92. The number of nitrogens with one attached hydrogen (secondary N) is 1. The number of carbonyl (C=O) groups excluding carboxylic acids is 1. The van der Waals surface area contributed by atoms with E-state index in [0.29, 0.717) is 0 Å². The van der Waals surface area contributed by atoms with Gasteiger partial charge in [-0.1, -0.05) is 19.1 Å². The highest BCUT2D eigenvalue weighted by molar-refractivity contribution is 5.87. The Bertz CT molecular complexity index is 496. The molecule has 1 heterocycles. The van der Waals surface area contributed by atoms with Crippen LogP contribution in [0.15, 0.2) is 0 Å². The molecule has 0 aliphatic carbocycles. The van der Waals surface area contributed by atoms with Crippen LogP contribution >= 0.6 is 0 Å². The number of amides is 1. The highest BCUT2D eigenvalue weighted by Crippen LogP contribution is 2.14. The lowest BCUT2D eigenvalue weighted by atomic mass is 10.1. The summed E-state index contributed by atoms with van der Waals surface area (Å²) in [5, 5.41) is 19.4. The highest BCUT2D eigenvalue weighted by atomic mass is 16.5. The zero-order valence-electron chi connectivity index (χ0n) is 12.8. The lowest BCUT2D eigenvalue weighted by Crippen LogP contribution is -2.39. The number of nitrogens with zero attached hydrogens (tertiary/aromatic N) is 3. The molecule has 1 amide bonds. The van der Waals surface area contributed by atoms with Crippen molar-refractivity contribution in [3.63, 3.8) is 0 Å². The number of aromatic carboxylic acids is 1. The van der Waals surface area contributed by atoms with Crippen LogP contribution in [-0.4, -0.2) is 45.1 Å². The standard InChI is InChI=1S/C13H22N4O4/c1-5-9(6-2)14-12(18)8(3)17-10(7-21-4)11(13(19)20)15-16-17/h8-9H,5-7H2,1-4H3,(H,14,18)(H,19,20). The SMILES string of the molecule is CCC(CC)NC(=O)C(C)n1nnc(C(=O)O)c1COC. The Morgan fingerprint density at radius 2 is 2.00 bits per heavy atom. The number of aromatic nitrogens is 3. The van der Waals surface area contributed by atoms with Gasteiger partial charge in [0.25, 0.3) is 0 Å². The minimum Gasteiger partial charge on any atom is -0.476 e. The lowest BCUT2D eigenvalue weighted by molar-refractivity contribution is -0.125. The maximum atomic E-state index is 12.2. The molecule has 0 spiro atoms. The van der Waals surface area contributed by atoms with Crippen molar-refractivity contribution in [1.29, 1.82) is 0 Å². The van der Waals surface area contributed by atoms with Crippen molar-refractivity contribution < 1.29 is 19.4 Å². The van der Waals surface area contributed by atoms with E-state index >= 15 is 0 Å². The third kappa shape index (κ3) is 4.01. The van der Waals surface area contributed by atoms with E-state index in [2.05, 4.69) is 15.6 Å². The van der Waals surface area contributed by atoms with Gasteiger partial charge in [-0.2, -0.15) is 0 Å². The Labute approximate surface area is 123 Å². The van der Waals surface area contributed by atoms with Gasteiger partial charge >= 0.3 is 5.97 Å². The molecule has 0 aliphatic heterocycles. The molecular formula is C13H22N4O4. The summed E-state index contributed by atoms with van der Waals surface area (Å²) in [5.74, 6) is -1.41. The van der Waals surface area contributed by atoms with Gasteiger partial charge in [0.1, 0.15) is 11.7 Å². The predicted octanol–water partition coefficient (Wildman–Crippen LogP) is 0.988. The van der Waals surface area contributed by atoms with Crippen molar-refractivity contribution in [2.45, 2.75) is 52.3 Å². The van der Waals surface area contributed by atoms with Gasteiger partial charge in [-0.05, 0) is 19.8 Å². The van der Waals surface area contributed by atoms with Crippen LogP contribution in [0.2, 0.25) is 0 Å². The first-order chi connectivity index (χ1) is 9.96. The van der Waals surface area contributed by atoms with E-state index in [1.165, 1.54) is 11.8 Å². The Morgan fingerprint density at radius 3 is 2.48 bits per heavy atom. The molecule has 0 radical (unpaired) electrons. The van der Waals surface area contributed by atoms with Crippen LogP contribution in [-0.2, 0) is 16.1 Å². The maximum Gasteiger partial charge on any atom is 0.358 e. The summed E-state index contributed by atoms with van der Waals surface area (Å²) in [5.41, 5.74) is 0.0798. The molecule has 0 bridgehead atoms. The van der Waals surface area contributed by atoms with Gasteiger partial charge in [-0.3, -0.25) is 4.79 Å². The van der Waals surface area contributed by atoms with Crippen LogP contribution in [0.5, 0.6) is 0 Å². The Kier molecular flexibility index (Phi) is 6.29. The monoisotopic (exact) mass is 298 g/mol. The Morgan fingerprint density at radius 1 is 1.38 bits per heavy atom. The van der Waals surface area contributed by atoms with E-state index in [9.17, 15) is 9.59 Å². The zero-order valence-corrected chi connectivity index (χ0v) is 12.8. The number of carboxylic acids is 1. The molecule has 1 aromatic heterocycles. The molecule has 0 saturated carbocycles. The summed E-state index contributed by atoms with van der Waals surface area (Å²) in [7, 11) is 1.44. The van der Waals surface area contributed by atoms with Crippen molar-refractivity contribution in [2.24, 2.45) is 0 Å². The minimum absolute atomic E-state index is 0.0250. The molecule has 0 aromatic carbocycles. The second kappa shape index (κ2) is 7.72. The molecule has 1 aromatic rings. The van der Waals surface area contributed by atoms with Crippen LogP contribution in [0.3, 0.4) is 0 Å². The molecule has 1 atom stereocenters. The van der Waals surface area contributed by atoms with Crippen LogP contribution in [0.1, 0.15) is 55.8 Å². The topological polar surface area (TPSA) is 106 Å². The average Bonchev–Trinajstić information content (AvgIpc) is 2.87. The molecule has 2 N–H and O–H groups in total. The fourth-order valence-electron chi connectivity index (χ4n) is 1.99. The number of methoxy groups -OCH3 is 1. The van der Waals surface area contributed by atoms with Crippen molar-refractivity contribution in [1.82, 2.24) is 20.3 Å². The van der Waals surface area contributed by atoms with E-state index in [1.54, 1.807) is 6.92 Å². The molecule has 8 nitrogen and oxygen atoms in total. The van der Waals surface area contributed by atoms with Gasteiger partial charge in [0, 0.05) is 13.2 Å². The second-order valence-electron chi connectivity index (χ2n) is 4.77. The van der Waals surface area contributed by atoms with Gasteiger partial charge in [-0.15, -0.1) is 5.10 Å². The molecule has 0 fully saturated rings. The van der Waals surface area contributed by atoms with Gasteiger partial charge in [0.15, 0.2) is 5.69 Å². The fourth-order valence-corrected chi connectivity index (χ4v) is 1.99. The molecule has 118 valence electrons. The smallest absolute Gasteiger partial charge is 0.358 e. The van der Waals surface area contributed by atoms with Crippen molar-refractivity contribution in [3.8, 4) is 0 Å². The summed E-state index contributed by atoms with van der Waals surface area (Å²) in [6.45, 7) is 5.66. The molecule has 1 unspecified atom stereocenters. The number of hydrogen-bond acceptors (Lipinski definition) is 5. The largest absolute Gasteiger partial charge is 0.476 e. The Hall–Kier alpha value is -1.96. The van der Waals surface area contributed by atoms with E-state index < -0.39 is 12.0 Å². The van der Waals surface area contributed by atoms with Gasteiger partial charge in [0.05, 0.1) is 6.61 Å². The van der Waals surface area contributed by atoms with E-state index in [-0.39, 0.29) is 29.9 Å². The van der Waals surface area contributed by atoms with Crippen molar-refractivity contribution in [2.75, 3.05) is 7.11 Å². The van der Waals surface area contributed by atoms with Crippen molar-refractivity contribution in [3.05, 3.63) is 11.4 Å². The minimum atomic E-state index is -1.19. The number of rotatable bonds is 8. The summed E-state index contributed by atoms with van der Waals surface area (Å²) in [6.07, 6.45) is 1.66. The number of carbonyl (C=O) groups is 2. The normalized spacial score (nSPS) is 12.4. The first kappa shape index (κ1) is 17.1. The zero-order chi connectivity index (χ0) is 16.0. The Balaban J connectivity index is 2.98. The van der Waals surface area contributed by atoms with Crippen molar-refractivity contribution >= 4 is 11.9 Å². The molecule has 0 saturated heterocycles. The maximum absolute atomic E-state index is 12.2. The predicted molar refractivity (Wildman–Crippen MR) is 74.9 cm³/mol. The molecule has 8 heteroatoms. The quantitative estimate of drug-likeness (QED) is 0.741. The molecule has 21 heavy (non-hydrogen) atoms. The first-order valence-electron chi connectivity index (χ1n) is 6.92. The van der Waals surface area contributed by atoms with Crippen LogP contribution in [0.25, 0.3) is 0 Å². The number of hydrogen-bond donors (Lipinski definition) is 2. The fraction of sp³-hybridized carbons (Fsp3) is 0.692. The van der Waals surface area contributed by atoms with Gasteiger partial charge < -0.3 is 15.2 Å². The molecule has 1 rings (SSSR count). The average molecular weight is 298 g/mol. The van der Waals surface area contributed by atoms with E-state index in [0.717, 1.165) is 12.8 Å². The van der Waals surface area contributed by atoms with Crippen LogP contribution in [0.4, 0.5) is 0 Å². The second-order valence-corrected chi connectivity index (χ2v) is 4.77. The number of ether oxygens (including phenoxy) is 1. The van der Waals surface area contributed by atoms with Crippen LogP contribution < -0.4 is 5.32 Å². The lowest BCUT2D eigenvalue weighted by Gasteiger charge is -2.19. The third-order valence-corrected chi connectivity index (χ3v) is 3.35. The summed E-state index contributed by atoms with van der Waals surface area (Å²) in [4.78, 5) is 23.3. The highest BCUT2D eigenvalue weighted by Gasteiger charge is 2.26. The third-order valence-electron chi connectivity index (χ3n) is 3.35.